The van der Waals surface area contributed by atoms with E-state index in [1.54, 1.807) is 4.68 Å². The van der Waals surface area contributed by atoms with Crippen LogP contribution in [0.1, 0.15) is 46.2 Å². The number of hydrogen-bond acceptors (Lipinski definition) is 3. The maximum absolute atomic E-state index is 11.1. The minimum absolute atomic E-state index is 0.0636. The van der Waals surface area contributed by atoms with Gasteiger partial charge in [-0.3, -0.25) is 0 Å². The smallest absolute Gasteiger partial charge is 0.358 e. The van der Waals surface area contributed by atoms with Gasteiger partial charge >= 0.3 is 5.97 Å². The Hall–Kier alpha value is -2.17. The minimum Gasteiger partial charge on any atom is -0.476 e. The van der Waals surface area contributed by atoms with E-state index in [1.165, 1.54) is 24.0 Å². The highest BCUT2D eigenvalue weighted by molar-refractivity contribution is 5.86. The van der Waals surface area contributed by atoms with Gasteiger partial charge in [0.1, 0.15) is 0 Å². The molecule has 5 nitrogen and oxygen atoms in total. The van der Waals surface area contributed by atoms with Crippen LogP contribution in [0.4, 0.5) is 0 Å². The fourth-order valence-electron chi connectivity index (χ4n) is 2.87. The molecule has 1 aromatic carbocycles. The molecule has 5 heteroatoms. The molecular formula is C15H17N3O2. The molecule has 0 saturated carbocycles. The number of nitrogens with zero attached hydrogens (tertiary/aromatic N) is 3. The predicted octanol–water partition coefficient (Wildman–Crippen LogP) is 2.08. The third-order valence-corrected chi connectivity index (χ3v) is 3.87. The predicted molar refractivity (Wildman–Crippen MR) is 73.9 cm³/mol. The van der Waals surface area contributed by atoms with Crippen LogP contribution in [0.3, 0.4) is 0 Å². The summed E-state index contributed by atoms with van der Waals surface area (Å²) >= 11 is 0. The molecule has 0 bridgehead atoms. The van der Waals surface area contributed by atoms with Crippen LogP contribution < -0.4 is 0 Å². The summed E-state index contributed by atoms with van der Waals surface area (Å²) in [6, 6.07) is 6.49. The minimum atomic E-state index is -1.01. The molecule has 2 aromatic rings. The summed E-state index contributed by atoms with van der Waals surface area (Å²) in [5, 5.41) is 16.8. The Morgan fingerprint density at radius 2 is 2.15 bits per heavy atom. The molecule has 0 radical (unpaired) electrons. The van der Waals surface area contributed by atoms with E-state index in [0.717, 1.165) is 12.0 Å². The number of benzene rings is 1. The Morgan fingerprint density at radius 3 is 2.90 bits per heavy atom. The van der Waals surface area contributed by atoms with Gasteiger partial charge in [0.2, 0.25) is 0 Å². The first-order valence-electron chi connectivity index (χ1n) is 6.95. The van der Waals surface area contributed by atoms with Crippen molar-refractivity contribution in [2.45, 2.75) is 39.2 Å². The molecule has 104 valence electrons. The summed E-state index contributed by atoms with van der Waals surface area (Å²) in [6.45, 7) is 2.50. The zero-order valence-electron chi connectivity index (χ0n) is 11.5. The summed E-state index contributed by atoms with van der Waals surface area (Å²) in [4.78, 5) is 11.1. The van der Waals surface area contributed by atoms with E-state index in [9.17, 15) is 4.79 Å². The molecule has 3 rings (SSSR count). The maximum atomic E-state index is 11.1. The standard InChI is InChI=1S/C15H17N3O2/c1-2-13-14(15(19)20)16-17-18(13)9-10-6-7-11-4-3-5-12(11)8-10/h6-8H,2-5,9H2,1H3,(H,19,20). The second kappa shape index (κ2) is 5.07. The summed E-state index contributed by atoms with van der Waals surface area (Å²) in [6.07, 6.45) is 4.15. The second-order valence-corrected chi connectivity index (χ2v) is 5.16. The molecule has 0 aliphatic heterocycles. The Labute approximate surface area is 117 Å². The maximum Gasteiger partial charge on any atom is 0.358 e. The molecule has 0 spiro atoms. The van der Waals surface area contributed by atoms with E-state index in [1.807, 2.05) is 6.92 Å². The monoisotopic (exact) mass is 271 g/mol. The van der Waals surface area contributed by atoms with E-state index in [4.69, 9.17) is 5.11 Å². The van der Waals surface area contributed by atoms with Gasteiger partial charge in [0.15, 0.2) is 5.69 Å². The highest BCUT2D eigenvalue weighted by Crippen LogP contribution is 2.23. The van der Waals surface area contributed by atoms with Crippen molar-refractivity contribution in [1.29, 1.82) is 0 Å². The number of aromatic nitrogens is 3. The fraction of sp³-hybridized carbons (Fsp3) is 0.400. The molecule has 1 N–H and O–H groups in total. The van der Waals surface area contributed by atoms with Crippen LogP contribution in [0.25, 0.3) is 0 Å². The van der Waals surface area contributed by atoms with E-state index in [0.29, 0.717) is 18.7 Å². The normalized spacial score (nSPS) is 13.4. The molecule has 20 heavy (non-hydrogen) atoms. The second-order valence-electron chi connectivity index (χ2n) is 5.16. The average molecular weight is 271 g/mol. The highest BCUT2D eigenvalue weighted by atomic mass is 16.4. The molecule has 1 heterocycles. The van der Waals surface area contributed by atoms with Crippen LogP contribution >= 0.6 is 0 Å². The number of fused-ring (bicyclic) bond motifs is 1. The van der Waals surface area contributed by atoms with Crippen molar-refractivity contribution in [3.05, 3.63) is 46.3 Å². The van der Waals surface area contributed by atoms with Crippen molar-refractivity contribution in [1.82, 2.24) is 15.0 Å². The van der Waals surface area contributed by atoms with Gasteiger partial charge in [-0.05, 0) is 42.4 Å². The topological polar surface area (TPSA) is 68.0 Å². The molecule has 1 aliphatic carbocycles. The lowest BCUT2D eigenvalue weighted by Crippen LogP contribution is -2.08. The number of carboxylic acids is 1. The van der Waals surface area contributed by atoms with Crippen molar-refractivity contribution in [2.75, 3.05) is 0 Å². The first-order chi connectivity index (χ1) is 9.69. The largest absolute Gasteiger partial charge is 0.476 e. The lowest BCUT2D eigenvalue weighted by Gasteiger charge is -2.07. The number of hydrogen-bond donors (Lipinski definition) is 1. The van der Waals surface area contributed by atoms with E-state index in [2.05, 4.69) is 28.5 Å². The Kier molecular flexibility index (Phi) is 3.26. The molecular weight excluding hydrogens is 254 g/mol. The van der Waals surface area contributed by atoms with Crippen LogP contribution in [-0.2, 0) is 25.8 Å². The summed E-state index contributed by atoms with van der Waals surface area (Å²) in [5.41, 5.74) is 4.75. The van der Waals surface area contributed by atoms with E-state index >= 15 is 0 Å². The third-order valence-electron chi connectivity index (χ3n) is 3.87. The number of aryl methyl sites for hydroxylation is 2. The third kappa shape index (κ3) is 2.19. The van der Waals surface area contributed by atoms with Crippen LogP contribution in [0, 0.1) is 0 Å². The summed E-state index contributed by atoms with van der Waals surface area (Å²) in [7, 11) is 0. The van der Waals surface area contributed by atoms with Crippen molar-refractivity contribution >= 4 is 5.97 Å². The molecule has 1 aromatic heterocycles. The fourth-order valence-corrected chi connectivity index (χ4v) is 2.87. The van der Waals surface area contributed by atoms with Gasteiger partial charge in [0, 0.05) is 0 Å². The van der Waals surface area contributed by atoms with Gasteiger partial charge in [0.05, 0.1) is 12.2 Å². The first-order valence-corrected chi connectivity index (χ1v) is 6.95. The number of carboxylic acid groups (broad SMARTS) is 1. The van der Waals surface area contributed by atoms with Gasteiger partial charge < -0.3 is 5.11 Å². The molecule has 0 fully saturated rings. The van der Waals surface area contributed by atoms with Gasteiger partial charge in [-0.1, -0.05) is 30.3 Å². The quantitative estimate of drug-likeness (QED) is 0.924. The number of carbonyl (C=O) groups is 1. The van der Waals surface area contributed by atoms with Crippen molar-refractivity contribution in [3.8, 4) is 0 Å². The van der Waals surface area contributed by atoms with Crippen LogP contribution in [0.5, 0.6) is 0 Å². The van der Waals surface area contributed by atoms with Gasteiger partial charge in [0.25, 0.3) is 0 Å². The van der Waals surface area contributed by atoms with Crippen molar-refractivity contribution in [2.24, 2.45) is 0 Å². The van der Waals surface area contributed by atoms with Crippen molar-refractivity contribution < 1.29 is 9.90 Å². The zero-order valence-corrected chi connectivity index (χ0v) is 11.5. The van der Waals surface area contributed by atoms with E-state index in [-0.39, 0.29) is 5.69 Å². The van der Waals surface area contributed by atoms with Gasteiger partial charge in [-0.15, -0.1) is 5.10 Å². The molecule has 0 saturated heterocycles. The zero-order chi connectivity index (χ0) is 14.1. The van der Waals surface area contributed by atoms with Crippen LogP contribution in [0.15, 0.2) is 18.2 Å². The number of rotatable bonds is 4. The summed E-state index contributed by atoms with van der Waals surface area (Å²) < 4.78 is 1.69. The summed E-state index contributed by atoms with van der Waals surface area (Å²) in [5.74, 6) is -1.01. The highest BCUT2D eigenvalue weighted by Gasteiger charge is 2.18. The van der Waals surface area contributed by atoms with Crippen LogP contribution in [0.2, 0.25) is 0 Å². The van der Waals surface area contributed by atoms with E-state index < -0.39 is 5.97 Å². The average Bonchev–Trinajstić information content (AvgIpc) is 3.04. The Morgan fingerprint density at radius 1 is 1.35 bits per heavy atom. The van der Waals surface area contributed by atoms with Gasteiger partial charge in [-0.2, -0.15) is 0 Å². The Bertz CT molecular complexity index is 661. The first kappa shape index (κ1) is 12.8. The van der Waals surface area contributed by atoms with Gasteiger partial charge in [-0.25, -0.2) is 9.48 Å². The number of aromatic carboxylic acids is 1. The molecule has 0 amide bonds. The van der Waals surface area contributed by atoms with Crippen LogP contribution in [-0.4, -0.2) is 26.1 Å². The molecule has 0 unspecified atom stereocenters. The molecule has 0 atom stereocenters. The lowest BCUT2D eigenvalue weighted by molar-refractivity contribution is 0.0689. The molecule has 1 aliphatic rings. The van der Waals surface area contributed by atoms with Crippen molar-refractivity contribution in [3.63, 3.8) is 0 Å². The SMILES string of the molecule is CCc1c(C(=O)O)nnn1Cc1ccc2c(c1)CCC2. The Balaban J connectivity index is 1.89. The lowest BCUT2D eigenvalue weighted by atomic mass is 10.1.